The molecule has 3 nitrogen and oxygen atoms in total. The molecule has 0 heterocycles. The van der Waals surface area contributed by atoms with Gasteiger partial charge in [0.15, 0.2) is 5.78 Å². The smallest absolute Gasteiger partial charge is 0.252 e. The Labute approximate surface area is 113 Å². The Morgan fingerprint density at radius 1 is 1.11 bits per heavy atom. The second kappa shape index (κ2) is 5.83. The molecule has 0 spiro atoms. The number of ketones is 1. The predicted octanol–water partition coefficient (Wildman–Crippen LogP) is 3.09. The molecule has 3 heteroatoms. The summed E-state index contributed by atoms with van der Waals surface area (Å²) in [5, 5.41) is 0. The van der Waals surface area contributed by atoms with Crippen LogP contribution in [0.5, 0.6) is 0 Å². The summed E-state index contributed by atoms with van der Waals surface area (Å²) in [7, 11) is 0. The summed E-state index contributed by atoms with van der Waals surface area (Å²) in [5.74, 6) is -0.819. The van der Waals surface area contributed by atoms with Crippen LogP contribution in [0.3, 0.4) is 0 Å². The highest BCUT2D eigenvalue weighted by molar-refractivity contribution is 6.34. The van der Waals surface area contributed by atoms with E-state index in [9.17, 15) is 9.59 Å². The van der Waals surface area contributed by atoms with Crippen LogP contribution in [0.1, 0.15) is 54.9 Å². The number of amides is 1. The van der Waals surface area contributed by atoms with Gasteiger partial charge in [0.25, 0.3) is 5.91 Å². The summed E-state index contributed by atoms with van der Waals surface area (Å²) >= 11 is 0. The van der Waals surface area contributed by atoms with E-state index in [1.54, 1.807) is 6.07 Å². The van der Waals surface area contributed by atoms with Crippen LogP contribution in [0.2, 0.25) is 0 Å². The quantitative estimate of drug-likeness (QED) is 0.628. The van der Waals surface area contributed by atoms with E-state index in [0.29, 0.717) is 5.56 Å². The third-order valence-electron chi connectivity index (χ3n) is 3.55. The van der Waals surface area contributed by atoms with E-state index in [2.05, 4.69) is 6.92 Å². The maximum Gasteiger partial charge on any atom is 0.252 e. The maximum atomic E-state index is 12.2. The number of carbonyl (C=O) groups is 2. The van der Waals surface area contributed by atoms with Crippen LogP contribution in [0, 0.1) is 0 Å². The number of hydrogen-bond acceptors (Lipinski definition) is 2. The zero-order valence-corrected chi connectivity index (χ0v) is 11.2. The lowest BCUT2D eigenvalue weighted by molar-refractivity contribution is -0.114. The van der Waals surface area contributed by atoms with E-state index < -0.39 is 5.91 Å². The number of unbranched alkanes of at least 4 members (excludes halogenated alkanes) is 3. The van der Waals surface area contributed by atoms with E-state index in [4.69, 9.17) is 5.73 Å². The van der Waals surface area contributed by atoms with Crippen molar-refractivity contribution in [1.29, 1.82) is 0 Å². The molecule has 0 bridgehead atoms. The Hall–Kier alpha value is -1.90. The SMILES string of the molecule is CCCCCCC1=C(C(N)=O)C(=O)c2ccccc21. The van der Waals surface area contributed by atoms with E-state index in [0.717, 1.165) is 36.8 Å². The van der Waals surface area contributed by atoms with Crippen molar-refractivity contribution in [2.75, 3.05) is 0 Å². The number of carbonyl (C=O) groups excluding carboxylic acids is 2. The zero-order valence-electron chi connectivity index (χ0n) is 11.2. The summed E-state index contributed by atoms with van der Waals surface area (Å²) < 4.78 is 0. The lowest BCUT2D eigenvalue weighted by Gasteiger charge is -2.05. The van der Waals surface area contributed by atoms with Crippen LogP contribution in [-0.2, 0) is 4.79 Å². The number of allylic oxidation sites excluding steroid dienone is 1. The molecule has 2 rings (SSSR count). The standard InChI is InChI=1S/C16H19NO2/c1-2-3-4-5-9-12-11-8-6-7-10-13(11)15(18)14(12)16(17)19/h6-8,10H,2-5,9H2,1H3,(H2,17,19). The van der Waals surface area contributed by atoms with Gasteiger partial charge in [-0.05, 0) is 24.0 Å². The zero-order chi connectivity index (χ0) is 13.8. The van der Waals surface area contributed by atoms with Gasteiger partial charge in [-0.15, -0.1) is 0 Å². The van der Waals surface area contributed by atoms with E-state index >= 15 is 0 Å². The molecule has 0 aromatic heterocycles. The molecule has 0 saturated carbocycles. The molecular formula is C16H19NO2. The van der Waals surface area contributed by atoms with Gasteiger partial charge in [-0.1, -0.05) is 50.5 Å². The number of fused-ring (bicyclic) bond motifs is 1. The molecule has 1 aromatic rings. The minimum atomic E-state index is -0.605. The molecule has 1 amide bonds. The normalized spacial score (nSPS) is 13.8. The monoisotopic (exact) mass is 257 g/mol. The van der Waals surface area contributed by atoms with E-state index in [1.807, 2.05) is 18.2 Å². The molecule has 0 radical (unpaired) electrons. The lowest BCUT2D eigenvalue weighted by atomic mass is 9.99. The number of rotatable bonds is 6. The van der Waals surface area contributed by atoms with Crippen molar-refractivity contribution < 1.29 is 9.59 Å². The van der Waals surface area contributed by atoms with Gasteiger partial charge in [-0.3, -0.25) is 9.59 Å². The number of Topliss-reactive ketones (excluding diaryl/α,β-unsaturated/α-hetero) is 1. The molecule has 0 atom stereocenters. The molecule has 1 aromatic carbocycles. The van der Waals surface area contributed by atoms with Crippen LogP contribution in [0.4, 0.5) is 0 Å². The molecule has 1 aliphatic rings. The number of benzene rings is 1. The highest BCUT2D eigenvalue weighted by Crippen LogP contribution is 2.35. The van der Waals surface area contributed by atoms with Crippen molar-refractivity contribution >= 4 is 17.3 Å². The number of nitrogens with two attached hydrogens (primary N) is 1. The highest BCUT2D eigenvalue weighted by Gasteiger charge is 2.31. The number of hydrogen-bond donors (Lipinski definition) is 1. The van der Waals surface area contributed by atoms with E-state index in [1.165, 1.54) is 6.42 Å². The third-order valence-corrected chi connectivity index (χ3v) is 3.55. The van der Waals surface area contributed by atoms with Crippen LogP contribution in [0.25, 0.3) is 5.57 Å². The van der Waals surface area contributed by atoms with Crippen LogP contribution < -0.4 is 5.73 Å². The molecule has 0 unspecified atom stereocenters. The van der Waals surface area contributed by atoms with Gasteiger partial charge in [0.05, 0.1) is 5.57 Å². The first-order valence-electron chi connectivity index (χ1n) is 6.83. The summed E-state index contributed by atoms with van der Waals surface area (Å²) in [4.78, 5) is 23.7. The van der Waals surface area contributed by atoms with Gasteiger partial charge in [0.1, 0.15) is 0 Å². The lowest BCUT2D eigenvalue weighted by Crippen LogP contribution is -2.19. The second-order valence-electron chi connectivity index (χ2n) is 4.90. The van der Waals surface area contributed by atoms with Crippen molar-refractivity contribution in [1.82, 2.24) is 0 Å². The second-order valence-corrected chi connectivity index (χ2v) is 4.90. The minimum Gasteiger partial charge on any atom is -0.365 e. The van der Waals surface area contributed by atoms with E-state index in [-0.39, 0.29) is 11.4 Å². The summed E-state index contributed by atoms with van der Waals surface area (Å²) in [6.45, 7) is 2.16. The Balaban J connectivity index is 2.28. The summed E-state index contributed by atoms with van der Waals surface area (Å²) in [6, 6.07) is 7.37. The first-order valence-corrected chi connectivity index (χ1v) is 6.83. The summed E-state index contributed by atoms with van der Waals surface area (Å²) in [6.07, 6.45) is 5.19. The first-order chi connectivity index (χ1) is 9.16. The largest absolute Gasteiger partial charge is 0.365 e. The minimum absolute atomic E-state index is 0.192. The first kappa shape index (κ1) is 13.5. The topological polar surface area (TPSA) is 60.2 Å². The van der Waals surface area contributed by atoms with Crippen molar-refractivity contribution in [3.8, 4) is 0 Å². The van der Waals surface area contributed by atoms with Gasteiger partial charge in [-0.2, -0.15) is 0 Å². The van der Waals surface area contributed by atoms with Gasteiger partial charge in [0.2, 0.25) is 0 Å². The molecule has 0 aliphatic heterocycles. The maximum absolute atomic E-state index is 12.2. The average molecular weight is 257 g/mol. The number of primary amides is 1. The molecule has 19 heavy (non-hydrogen) atoms. The Bertz CT molecular complexity index is 543. The fraction of sp³-hybridized carbons (Fsp3) is 0.375. The average Bonchev–Trinajstić information content (AvgIpc) is 2.69. The Morgan fingerprint density at radius 3 is 2.42 bits per heavy atom. The molecule has 100 valence electrons. The Morgan fingerprint density at radius 2 is 1.79 bits per heavy atom. The summed E-state index contributed by atoms with van der Waals surface area (Å²) in [5.41, 5.74) is 7.90. The molecular weight excluding hydrogens is 238 g/mol. The van der Waals surface area contributed by atoms with Crippen molar-refractivity contribution in [3.05, 3.63) is 41.0 Å². The fourth-order valence-electron chi connectivity index (χ4n) is 2.60. The Kier molecular flexibility index (Phi) is 4.15. The third kappa shape index (κ3) is 2.60. The van der Waals surface area contributed by atoms with Crippen molar-refractivity contribution in [2.24, 2.45) is 5.73 Å². The van der Waals surface area contributed by atoms with Crippen molar-refractivity contribution in [3.63, 3.8) is 0 Å². The van der Waals surface area contributed by atoms with Gasteiger partial charge >= 0.3 is 0 Å². The van der Waals surface area contributed by atoms with Gasteiger partial charge < -0.3 is 5.73 Å². The van der Waals surface area contributed by atoms with Gasteiger partial charge in [0, 0.05) is 5.56 Å². The highest BCUT2D eigenvalue weighted by atomic mass is 16.2. The van der Waals surface area contributed by atoms with Crippen LogP contribution >= 0.6 is 0 Å². The van der Waals surface area contributed by atoms with Crippen molar-refractivity contribution in [2.45, 2.75) is 39.0 Å². The predicted molar refractivity (Wildman–Crippen MR) is 75.6 cm³/mol. The van der Waals surface area contributed by atoms with Crippen LogP contribution in [0.15, 0.2) is 29.8 Å². The van der Waals surface area contributed by atoms with Crippen LogP contribution in [-0.4, -0.2) is 11.7 Å². The molecule has 1 aliphatic carbocycles. The molecule has 0 fully saturated rings. The van der Waals surface area contributed by atoms with Gasteiger partial charge in [-0.25, -0.2) is 0 Å². The fourth-order valence-corrected chi connectivity index (χ4v) is 2.60. The molecule has 0 saturated heterocycles. The molecule has 2 N–H and O–H groups in total.